The van der Waals surface area contributed by atoms with Crippen molar-refractivity contribution in [2.75, 3.05) is 10.6 Å². The third-order valence-corrected chi connectivity index (χ3v) is 5.46. The first kappa shape index (κ1) is 21.6. The van der Waals surface area contributed by atoms with Crippen LogP contribution in [0, 0.1) is 19.7 Å². The molecular weight excluding hydrogens is 399 g/mol. The minimum absolute atomic E-state index is 0.0919. The van der Waals surface area contributed by atoms with Crippen LogP contribution in [0.2, 0.25) is 0 Å². The van der Waals surface area contributed by atoms with Gasteiger partial charge in [0.05, 0.1) is 5.25 Å². The lowest BCUT2D eigenvalue weighted by molar-refractivity contribution is -0.115. The fourth-order valence-corrected chi connectivity index (χ4v) is 3.93. The molecule has 0 aliphatic rings. The van der Waals surface area contributed by atoms with E-state index in [-0.39, 0.29) is 17.1 Å². The molecule has 4 nitrogen and oxygen atoms in total. The van der Waals surface area contributed by atoms with E-state index in [2.05, 4.69) is 16.7 Å². The van der Waals surface area contributed by atoms with Gasteiger partial charge in [-0.1, -0.05) is 12.1 Å². The number of rotatable bonds is 6. The first-order valence-corrected chi connectivity index (χ1v) is 10.4. The number of thioether (sulfide) groups is 1. The van der Waals surface area contributed by atoms with E-state index in [4.69, 9.17) is 0 Å². The Balaban J connectivity index is 1.63. The summed E-state index contributed by atoms with van der Waals surface area (Å²) in [7, 11) is 0. The van der Waals surface area contributed by atoms with E-state index in [1.807, 2.05) is 51.1 Å². The average molecular weight is 423 g/mol. The van der Waals surface area contributed by atoms with Crippen molar-refractivity contribution in [2.24, 2.45) is 0 Å². The molecule has 3 aromatic carbocycles. The first-order chi connectivity index (χ1) is 14.3. The molecule has 6 heteroatoms. The summed E-state index contributed by atoms with van der Waals surface area (Å²) >= 11 is 1.41. The minimum Gasteiger partial charge on any atom is -0.325 e. The molecule has 30 heavy (non-hydrogen) atoms. The van der Waals surface area contributed by atoms with E-state index in [1.165, 1.54) is 36.0 Å². The Morgan fingerprint density at radius 3 is 2.20 bits per heavy atom. The van der Waals surface area contributed by atoms with Crippen LogP contribution in [0.1, 0.15) is 28.4 Å². The van der Waals surface area contributed by atoms with Gasteiger partial charge in [-0.05, 0) is 86.5 Å². The number of halogens is 1. The predicted octanol–water partition coefficient (Wildman–Crippen LogP) is 5.81. The van der Waals surface area contributed by atoms with Crippen LogP contribution in [0.3, 0.4) is 0 Å². The van der Waals surface area contributed by atoms with E-state index in [0.717, 1.165) is 21.7 Å². The van der Waals surface area contributed by atoms with Crippen LogP contribution in [-0.4, -0.2) is 17.1 Å². The zero-order chi connectivity index (χ0) is 21.7. The maximum absolute atomic E-state index is 13.0. The van der Waals surface area contributed by atoms with E-state index >= 15 is 0 Å². The summed E-state index contributed by atoms with van der Waals surface area (Å²) in [5.41, 5.74) is 3.95. The largest absolute Gasteiger partial charge is 0.325 e. The smallest absolute Gasteiger partial charge is 0.255 e. The van der Waals surface area contributed by atoms with E-state index in [0.29, 0.717) is 11.3 Å². The van der Waals surface area contributed by atoms with Crippen molar-refractivity contribution in [1.29, 1.82) is 0 Å². The molecule has 154 valence electrons. The second-order valence-electron chi connectivity index (χ2n) is 7.11. The van der Waals surface area contributed by atoms with Gasteiger partial charge in [0, 0.05) is 21.8 Å². The summed E-state index contributed by atoms with van der Waals surface area (Å²) in [5.74, 6) is -0.804. The summed E-state index contributed by atoms with van der Waals surface area (Å²) in [6.07, 6.45) is 0. The number of anilines is 2. The van der Waals surface area contributed by atoms with Gasteiger partial charge in [-0.15, -0.1) is 11.8 Å². The fourth-order valence-electron chi connectivity index (χ4n) is 3.00. The highest BCUT2D eigenvalue weighted by Gasteiger charge is 2.15. The van der Waals surface area contributed by atoms with Crippen LogP contribution >= 0.6 is 11.8 Å². The van der Waals surface area contributed by atoms with Crippen LogP contribution in [0.25, 0.3) is 0 Å². The highest BCUT2D eigenvalue weighted by Crippen LogP contribution is 2.27. The molecule has 0 aliphatic carbocycles. The Morgan fingerprint density at radius 1 is 0.867 bits per heavy atom. The Bertz CT molecular complexity index is 1050. The van der Waals surface area contributed by atoms with Crippen molar-refractivity contribution in [3.05, 3.63) is 89.2 Å². The van der Waals surface area contributed by atoms with Gasteiger partial charge in [0.15, 0.2) is 0 Å². The minimum atomic E-state index is -0.391. The van der Waals surface area contributed by atoms with Crippen LogP contribution in [0.5, 0.6) is 0 Å². The summed E-state index contributed by atoms with van der Waals surface area (Å²) in [5, 5.41) is 5.43. The van der Waals surface area contributed by atoms with E-state index in [1.54, 1.807) is 6.07 Å². The molecule has 0 saturated carbocycles. The lowest BCUT2D eigenvalue weighted by Gasteiger charge is -2.14. The summed E-state index contributed by atoms with van der Waals surface area (Å²) in [6.45, 7) is 5.82. The Hall–Kier alpha value is -3.12. The number of hydrogen-bond acceptors (Lipinski definition) is 3. The maximum Gasteiger partial charge on any atom is 0.255 e. The second kappa shape index (κ2) is 9.59. The van der Waals surface area contributed by atoms with Crippen LogP contribution in [0.4, 0.5) is 15.8 Å². The Morgan fingerprint density at radius 2 is 1.53 bits per heavy atom. The van der Waals surface area contributed by atoms with Gasteiger partial charge in [-0.2, -0.15) is 0 Å². The van der Waals surface area contributed by atoms with Crippen molar-refractivity contribution < 1.29 is 14.0 Å². The quantitative estimate of drug-likeness (QED) is 0.493. The van der Waals surface area contributed by atoms with Crippen molar-refractivity contribution in [3.8, 4) is 0 Å². The average Bonchev–Trinajstić information content (AvgIpc) is 2.68. The number of amides is 2. The fraction of sp³-hybridized carbons (Fsp3) is 0.167. The molecule has 1 atom stereocenters. The maximum atomic E-state index is 13.0. The summed E-state index contributed by atoms with van der Waals surface area (Å²) < 4.78 is 13.0. The molecule has 2 amide bonds. The monoisotopic (exact) mass is 422 g/mol. The number of benzene rings is 3. The molecule has 0 heterocycles. The molecular formula is C24H23FN2O2S. The summed E-state index contributed by atoms with van der Waals surface area (Å²) in [4.78, 5) is 25.8. The van der Waals surface area contributed by atoms with Crippen LogP contribution < -0.4 is 10.6 Å². The molecule has 1 unspecified atom stereocenters. The zero-order valence-electron chi connectivity index (χ0n) is 17.0. The SMILES string of the molecule is Cc1cc(C)cc(NC(=O)C(C)Sc2cccc(NC(=O)c3ccc(F)cc3)c2)c1. The number of nitrogens with one attached hydrogen (secondary N) is 2. The van der Waals surface area contributed by atoms with Crippen molar-refractivity contribution in [1.82, 2.24) is 0 Å². The van der Waals surface area contributed by atoms with Gasteiger partial charge in [-0.25, -0.2) is 4.39 Å². The van der Waals surface area contributed by atoms with Gasteiger partial charge in [0.1, 0.15) is 5.82 Å². The van der Waals surface area contributed by atoms with Gasteiger partial charge >= 0.3 is 0 Å². The molecule has 3 rings (SSSR count). The molecule has 0 saturated heterocycles. The third-order valence-electron chi connectivity index (χ3n) is 4.37. The van der Waals surface area contributed by atoms with E-state index in [9.17, 15) is 14.0 Å². The van der Waals surface area contributed by atoms with Crippen molar-refractivity contribution >= 4 is 35.0 Å². The number of carbonyl (C=O) groups excluding carboxylic acids is 2. The first-order valence-electron chi connectivity index (χ1n) is 9.53. The molecule has 0 radical (unpaired) electrons. The molecule has 0 bridgehead atoms. The third kappa shape index (κ3) is 5.94. The predicted molar refractivity (Wildman–Crippen MR) is 121 cm³/mol. The molecule has 0 aliphatic heterocycles. The molecule has 2 N–H and O–H groups in total. The van der Waals surface area contributed by atoms with Crippen molar-refractivity contribution in [3.63, 3.8) is 0 Å². The highest BCUT2D eigenvalue weighted by atomic mass is 32.2. The normalized spacial score (nSPS) is 11.6. The topological polar surface area (TPSA) is 58.2 Å². The standard InChI is InChI=1S/C24H23FN2O2S/c1-15-11-16(2)13-21(12-15)27-23(28)17(3)30-22-6-4-5-20(14-22)26-24(29)18-7-9-19(25)10-8-18/h4-14,17H,1-3H3,(H,26,29)(H,27,28). The Kier molecular flexibility index (Phi) is 6.90. The number of carbonyl (C=O) groups is 2. The number of hydrogen-bond donors (Lipinski definition) is 2. The summed E-state index contributed by atoms with van der Waals surface area (Å²) in [6, 6.07) is 18.6. The highest BCUT2D eigenvalue weighted by molar-refractivity contribution is 8.00. The van der Waals surface area contributed by atoms with Gasteiger partial charge in [0.25, 0.3) is 5.91 Å². The molecule has 0 fully saturated rings. The molecule has 0 aromatic heterocycles. The van der Waals surface area contributed by atoms with Crippen LogP contribution in [-0.2, 0) is 4.79 Å². The van der Waals surface area contributed by atoms with E-state index < -0.39 is 5.82 Å². The van der Waals surface area contributed by atoms with Gasteiger partial charge < -0.3 is 10.6 Å². The lowest BCUT2D eigenvalue weighted by Crippen LogP contribution is -2.22. The van der Waals surface area contributed by atoms with Crippen LogP contribution in [0.15, 0.2) is 71.6 Å². The second-order valence-corrected chi connectivity index (χ2v) is 8.53. The molecule has 3 aromatic rings. The number of aryl methyl sites for hydroxylation is 2. The molecule has 0 spiro atoms. The zero-order valence-corrected chi connectivity index (χ0v) is 17.8. The van der Waals surface area contributed by atoms with Gasteiger partial charge in [-0.3, -0.25) is 9.59 Å². The van der Waals surface area contributed by atoms with Gasteiger partial charge in [0.2, 0.25) is 5.91 Å². The Labute approximate surface area is 179 Å². The lowest BCUT2D eigenvalue weighted by atomic mass is 10.1. The van der Waals surface area contributed by atoms with Crippen molar-refractivity contribution in [2.45, 2.75) is 30.9 Å².